The van der Waals surface area contributed by atoms with Crippen molar-refractivity contribution < 1.29 is 9.59 Å². The van der Waals surface area contributed by atoms with E-state index in [0.29, 0.717) is 17.7 Å². The topological polar surface area (TPSA) is 40.6 Å². The van der Waals surface area contributed by atoms with Crippen molar-refractivity contribution in [2.24, 2.45) is 5.41 Å². The summed E-state index contributed by atoms with van der Waals surface area (Å²) in [6.07, 6.45) is 7.96. The fourth-order valence-electron chi connectivity index (χ4n) is 4.24. The standard InChI is InChI=1S/C21H28N2O2/c1-5-15(21(2)11-6-7-12-21)13-23-14-18-16(19(24)22(3)4)9-8-10-17(18)20(23)25/h8-10,13H,5-7,11-12,14H2,1-4H3/b15-13-. The van der Waals surface area contributed by atoms with E-state index in [2.05, 4.69) is 20.0 Å². The van der Waals surface area contributed by atoms with E-state index >= 15 is 0 Å². The Hall–Kier alpha value is -2.10. The number of carbonyl (C=O) groups is 2. The Morgan fingerprint density at radius 2 is 1.96 bits per heavy atom. The SMILES string of the molecule is CC/C(=C/N1Cc2c(C(=O)N(C)C)cccc2C1=O)C1(C)CCCC1. The zero-order chi connectivity index (χ0) is 18.2. The van der Waals surface area contributed by atoms with E-state index in [4.69, 9.17) is 0 Å². The fraction of sp³-hybridized carbons (Fsp3) is 0.524. The molecule has 0 radical (unpaired) electrons. The number of fused-ring (bicyclic) bond motifs is 1. The lowest BCUT2D eigenvalue weighted by Gasteiger charge is -2.28. The Labute approximate surface area is 150 Å². The van der Waals surface area contributed by atoms with Crippen molar-refractivity contribution in [3.05, 3.63) is 46.7 Å². The molecule has 0 atom stereocenters. The van der Waals surface area contributed by atoms with Gasteiger partial charge in [0.1, 0.15) is 0 Å². The molecule has 1 saturated carbocycles. The number of allylic oxidation sites excluding steroid dienone is 1. The summed E-state index contributed by atoms with van der Waals surface area (Å²) >= 11 is 0. The van der Waals surface area contributed by atoms with Crippen molar-refractivity contribution in [1.29, 1.82) is 0 Å². The van der Waals surface area contributed by atoms with E-state index in [1.165, 1.54) is 31.3 Å². The lowest BCUT2D eigenvalue weighted by atomic mass is 9.79. The normalized spacial score (nSPS) is 19.3. The minimum absolute atomic E-state index is 0.0101. The van der Waals surface area contributed by atoms with Crippen LogP contribution < -0.4 is 0 Å². The van der Waals surface area contributed by atoms with E-state index in [9.17, 15) is 9.59 Å². The molecule has 0 saturated heterocycles. The number of hydrogen-bond donors (Lipinski definition) is 0. The van der Waals surface area contributed by atoms with Gasteiger partial charge < -0.3 is 9.80 Å². The second-order valence-electron chi connectivity index (χ2n) is 7.74. The Bertz CT molecular complexity index is 727. The number of hydrogen-bond acceptors (Lipinski definition) is 2. The molecule has 0 spiro atoms. The van der Waals surface area contributed by atoms with Gasteiger partial charge in [0.15, 0.2) is 0 Å². The quantitative estimate of drug-likeness (QED) is 0.823. The van der Waals surface area contributed by atoms with Gasteiger partial charge in [0.25, 0.3) is 11.8 Å². The van der Waals surface area contributed by atoms with Gasteiger partial charge in [-0.25, -0.2) is 0 Å². The molecule has 1 aromatic rings. The molecule has 25 heavy (non-hydrogen) atoms. The maximum atomic E-state index is 12.9. The highest BCUT2D eigenvalue weighted by Gasteiger charge is 2.35. The molecule has 0 aromatic heterocycles. The van der Waals surface area contributed by atoms with E-state index in [1.54, 1.807) is 30.0 Å². The number of amides is 2. The molecule has 1 fully saturated rings. The minimum Gasteiger partial charge on any atom is -0.345 e. The lowest BCUT2D eigenvalue weighted by Crippen LogP contribution is -2.23. The van der Waals surface area contributed by atoms with Crippen LogP contribution in [0.15, 0.2) is 30.0 Å². The first-order valence-electron chi connectivity index (χ1n) is 9.23. The molecule has 1 aliphatic carbocycles. The van der Waals surface area contributed by atoms with Gasteiger partial charge in [-0.1, -0.05) is 32.8 Å². The summed E-state index contributed by atoms with van der Waals surface area (Å²) in [5.74, 6) is -0.0371. The average Bonchev–Trinajstić information content (AvgIpc) is 3.16. The van der Waals surface area contributed by atoms with Crippen LogP contribution in [-0.4, -0.2) is 35.7 Å². The van der Waals surface area contributed by atoms with Crippen molar-refractivity contribution in [2.75, 3.05) is 14.1 Å². The summed E-state index contributed by atoms with van der Waals surface area (Å²) in [5.41, 5.74) is 3.72. The fourth-order valence-corrected chi connectivity index (χ4v) is 4.24. The Morgan fingerprint density at radius 1 is 1.28 bits per heavy atom. The van der Waals surface area contributed by atoms with Crippen molar-refractivity contribution in [3.63, 3.8) is 0 Å². The highest BCUT2D eigenvalue weighted by Crippen LogP contribution is 2.45. The van der Waals surface area contributed by atoms with Crippen LogP contribution in [0, 0.1) is 5.41 Å². The van der Waals surface area contributed by atoms with Gasteiger partial charge in [-0.2, -0.15) is 0 Å². The molecule has 0 unspecified atom stereocenters. The molecule has 1 heterocycles. The number of nitrogens with zero attached hydrogens (tertiary/aromatic N) is 2. The molecule has 2 aliphatic rings. The molecule has 4 heteroatoms. The molecular weight excluding hydrogens is 312 g/mol. The van der Waals surface area contributed by atoms with Gasteiger partial charge in [-0.3, -0.25) is 9.59 Å². The van der Waals surface area contributed by atoms with Gasteiger partial charge in [0.2, 0.25) is 0 Å². The predicted octanol–water partition coefficient (Wildman–Crippen LogP) is 4.22. The Kier molecular flexibility index (Phi) is 4.72. The molecule has 134 valence electrons. The molecule has 1 aliphatic heterocycles. The first-order valence-corrected chi connectivity index (χ1v) is 9.23. The highest BCUT2D eigenvalue weighted by molar-refractivity contribution is 6.04. The van der Waals surface area contributed by atoms with Crippen LogP contribution in [0.2, 0.25) is 0 Å². The van der Waals surface area contributed by atoms with Crippen molar-refractivity contribution >= 4 is 11.8 Å². The van der Waals surface area contributed by atoms with Gasteiger partial charge in [0, 0.05) is 31.4 Å². The third-order valence-corrected chi connectivity index (χ3v) is 5.81. The number of benzene rings is 1. The largest absolute Gasteiger partial charge is 0.345 e. The van der Waals surface area contributed by atoms with Gasteiger partial charge in [-0.15, -0.1) is 0 Å². The van der Waals surface area contributed by atoms with Gasteiger partial charge in [-0.05, 0) is 47.9 Å². The lowest BCUT2D eigenvalue weighted by molar-refractivity contribution is 0.0818. The average molecular weight is 340 g/mol. The van der Waals surface area contributed by atoms with Crippen molar-refractivity contribution in [1.82, 2.24) is 9.80 Å². The number of carbonyl (C=O) groups excluding carboxylic acids is 2. The van der Waals surface area contributed by atoms with E-state index in [0.717, 1.165) is 12.0 Å². The smallest absolute Gasteiger partial charge is 0.258 e. The Morgan fingerprint density at radius 3 is 2.56 bits per heavy atom. The van der Waals surface area contributed by atoms with E-state index < -0.39 is 0 Å². The van der Waals surface area contributed by atoms with E-state index in [-0.39, 0.29) is 17.2 Å². The van der Waals surface area contributed by atoms with Crippen LogP contribution >= 0.6 is 0 Å². The van der Waals surface area contributed by atoms with Crippen LogP contribution in [0.4, 0.5) is 0 Å². The van der Waals surface area contributed by atoms with Crippen LogP contribution in [0.1, 0.15) is 72.2 Å². The monoisotopic (exact) mass is 340 g/mol. The summed E-state index contributed by atoms with van der Waals surface area (Å²) in [4.78, 5) is 28.7. The van der Waals surface area contributed by atoms with E-state index in [1.807, 2.05) is 12.1 Å². The second kappa shape index (κ2) is 6.66. The number of rotatable bonds is 4. The highest BCUT2D eigenvalue weighted by atomic mass is 16.2. The maximum absolute atomic E-state index is 12.9. The van der Waals surface area contributed by atoms with Gasteiger partial charge in [0.05, 0.1) is 6.54 Å². The van der Waals surface area contributed by atoms with Gasteiger partial charge >= 0.3 is 0 Å². The zero-order valence-corrected chi connectivity index (χ0v) is 15.8. The molecule has 0 N–H and O–H groups in total. The third-order valence-electron chi connectivity index (χ3n) is 5.81. The maximum Gasteiger partial charge on any atom is 0.258 e. The molecule has 2 amide bonds. The van der Waals surface area contributed by atoms with Crippen molar-refractivity contribution in [2.45, 2.75) is 52.5 Å². The first-order chi connectivity index (χ1) is 11.9. The summed E-state index contributed by atoms with van der Waals surface area (Å²) in [7, 11) is 3.48. The summed E-state index contributed by atoms with van der Waals surface area (Å²) in [6, 6.07) is 5.46. The van der Waals surface area contributed by atoms with Crippen LogP contribution in [0.3, 0.4) is 0 Å². The van der Waals surface area contributed by atoms with Crippen LogP contribution in [0.5, 0.6) is 0 Å². The summed E-state index contributed by atoms with van der Waals surface area (Å²) in [5, 5.41) is 0. The third kappa shape index (κ3) is 3.10. The van der Waals surface area contributed by atoms with Crippen molar-refractivity contribution in [3.8, 4) is 0 Å². The predicted molar refractivity (Wildman–Crippen MR) is 99.3 cm³/mol. The van der Waals surface area contributed by atoms with Crippen LogP contribution in [-0.2, 0) is 6.54 Å². The molecule has 4 nitrogen and oxygen atoms in total. The summed E-state index contributed by atoms with van der Waals surface area (Å²) < 4.78 is 0. The zero-order valence-electron chi connectivity index (χ0n) is 15.8. The molecular formula is C21H28N2O2. The second-order valence-corrected chi connectivity index (χ2v) is 7.74. The van der Waals surface area contributed by atoms with Crippen LogP contribution in [0.25, 0.3) is 0 Å². The molecule has 1 aromatic carbocycles. The Balaban J connectivity index is 1.94. The minimum atomic E-state index is -0.0473. The first kappa shape index (κ1) is 17.7. The summed E-state index contributed by atoms with van der Waals surface area (Å²) in [6.45, 7) is 4.98. The molecule has 0 bridgehead atoms. The molecule has 3 rings (SSSR count).